The van der Waals surface area contributed by atoms with E-state index in [4.69, 9.17) is 14.2 Å². The molecule has 4 rings (SSSR count). The smallest absolute Gasteiger partial charge is 0.262 e. The van der Waals surface area contributed by atoms with Gasteiger partial charge < -0.3 is 19.5 Å². The largest absolute Gasteiger partial charge is 0.491 e. The monoisotopic (exact) mass is 377 g/mol. The van der Waals surface area contributed by atoms with Crippen LogP contribution in [0.2, 0.25) is 0 Å². The van der Waals surface area contributed by atoms with Gasteiger partial charge in [-0.15, -0.1) is 0 Å². The van der Waals surface area contributed by atoms with E-state index in [1.807, 2.05) is 66.7 Å². The molecule has 0 bridgehead atoms. The Bertz CT molecular complexity index is 933. The minimum atomic E-state index is -0.207. The SMILES string of the molecule is O=C(COc1ccc2ccccc2c1)Nc1ccc(OC[C@H]2CCCO2)cc1. The highest BCUT2D eigenvalue weighted by Gasteiger charge is 2.15. The van der Waals surface area contributed by atoms with Crippen LogP contribution in [0.4, 0.5) is 5.69 Å². The predicted octanol–water partition coefficient (Wildman–Crippen LogP) is 4.42. The number of rotatable bonds is 7. The number of ether oxygens (including phenoxy) is 3. The molecule has 5 heteroatoms. The summed E-state index contributed by atoms with van der Waals surface area (Å²) in [4.78, 5) is 12.2. The molecule has 1 amide bonds. The molecule has 1 aliphatic heterocycles. The zero-order valence-corrected chi connectivity index (χ0v) is 15.6. The zero-order valence-electron chi connectivity index (χ0n) is 15.6. The molecule has 144 valence electrons. The number of anilines is 1. The number of hydrogen-bond acceptors (Lipinski definition) is 4. The summed E-state index contributed by atoms with van der Waals surface area (Å²) >= 11 is 0. The number of carbonyl (C=O) groups is 1. The highest BCUT2D eigenvalue weighted by atomic mass is 16.5. The van der Waals surface area contributed by atoms with Crippen molar-refractivity contribution >= 4 is 22.4 Å². The number of amides is 1. The Kier molecular flexibility index (Phi) is 5.73. The lowest BCUT2D eigenvalue weighted by atomic mass is 10.1. The van der Waals surface area contributed by atoms with Crippen LogP contribution in [0, 0.1) is 0 Å². The van der Waals surface area contributed by atoms with Gasteiger partial charge in [-0.25, -0.2) is 0 Å². The first-order valence-corrected chi connectivity index (χ1v) is 9.52. The molecule has 1 atom stereocenters. The van der Waals surface area contributed by atoms with E-state index >= 15 is 0 Å². The maximum Gasteiger partial charge on any atom is 0.262 e. The third-order valence-electron chi connectivity index (χ3n) is 4.69. The summed E-state index contributed by atoms with van der Waals surface area (Å²) in [6.07, 6.45) is 2.33. The fourth-order valence-corrected chi connectivity index (χ4v) is 3.20. The maximum atomic E-state index is 12.2. The van der Waals surface area contributed by atoms with Crippen LogP contribution in [-0.4, -0.2) is 31.8 Å². The molecule has 1 saturated heterocycles. The van der Waals surface area contributed by atoms with E-state index in [0.29, 0.717) is 18.0 Å². The third-order valence-corrected chi connectivity index (χ3v) is 4.69. The van der Waals surface area contributed by atoms with Gasteiger partial charge in [0.15, 0.2) is 6.61 Å². The van der Waals surface area contributed by atoms with Crippen LogP contribution in [0.15, 0.2) is 66.7 Å². The predicted molar refractivity (Wildman–Crippen MR) is 109 cm³/mol. The van der Waals surface area contributed by atoms with Crippen LogP contribution in [0.25, 0.3) is 10.8 Å². The van der Waals surface area contributed by atoms with Gasteiger partial charge in [-0.2, -0.15) is 0 Å². The summed E-state index contributed by atoms with van der Waals surface area (Å²) in [7, 11) is 0. The van der Waals surface area contributed by atoms with Crippen LogP contribution in [0.3, 0.4) is 0 Å². The van der Waals surface area contributed by atoms with Crippen molar-refractivity contribution in [2.45, 2.75) is 18.9 Å². The molecule has 0 aliphatic carbocycles. The van der Waals surface area contributed by atoms with Gasteiger partial charge in [0.25, 0.3) is 5.91 Å². The molecule has 3 aromatic rings. The summed E-state index contributed by atoms with van der Waals surface area (Å²) in [6.45, 7) is 1.33. The lowest BCUT2D eigenvalue weighted by Gasteiger charge is -2.12. The van der Waals surface area contributed by atoms with E-state index in [1.165, 1.54) is 0 Å². The van der Waals surface area contributed by atoms with Crippen molar-refractivity contribution in [1.29, 1.82) is 0 Å². The number of benzene rings is 3. The van der Waals surface area contributed by atoms with Gasteiger partial charge in [0.05, 0.1) is 6.10 Å². The lowest BCUT2D eigenvalue weighted by Crippen LogP contribution is -2.20. The number of hydrogen-bond donors (Lipinski definition) is 1. The molecule has 0 spiro atoms. The second-order valence-corrected chi connectivity index (χ2v) is 6.82. The van der Waals surface area contributed by atoms with Crippen molar-refractivity contribution in [1.82, 2.24) is 0 Å². The molecule has 0 aromatic heterocycles. The van der Waals surface area contributed by atoms with E-state index in [-0.39, 0.29) is 18.6 Å². The Balaban J connectivity index is 1.25. The van der Waals surface area contributed by atoms with Crippen LogP contribution in [0.1, 0.15) is 12.8 Å². The summed E-state index contributed by atoms with van der Waals surface area (Å²) in [5.74, 6) is 1.23. The van der Waals surface area contributed by atoms with Gasteiger partial charge in [0, 0.05) is 12.3 Å². The van der Waals surface area contributed by atoms with Crippen LogP contribution in [0.5, 0.6) is 11.5 Å². The van der Waals surface area contributed by atoms with Gasteiger partial charge in [0.1, 0.15) is 18.1 Å². The molecule has 0 radical (unpaired) electrons. The Hall–Kier alpha value is -3.05. The highest BCUT2D eigenvalue weighted by molar-refractivity contribution is 5.92. The topological polar surface area (TPSA) is 56.8 Å². The molecular weight excluding hydrogens is 354 g/mol. The van der Waals surface area contributed by atoms with E-state index in [0.717, 1.165) is 36.0 Å². The van der Waals surface area contributed by atoms with Gasteiger partial charge >= 0.3 is 0 Å². The number of nitrogens with one attached hydrogen (secondary N) is 1. The van der Waals surface area contributed by atoms with Gasteiger partial charge in [0.2, 0.25) is 0 Å². The van der Waals surface area contributed by atoms with Crippen molar-refractivity contribution in [3.8, 4) is 11.5 Å². The van der Waals surface area contributed by atoms with Crippen molar-refractivity contribution < 1.29 is 19.0 Å². The minimum Gasteiger partial charge on any atom is -0.491 e. The Morgan fingerprint density at radius 1 is 0.964 bits per heavy atom. The Morgan fingerprint density at radius 3 is 2.54 bits per heavy atom. The standard InChI is InChI=1S/C23H23NO4/c25-23(16-28-21-10-7-17-4-1-2-5-18(17)14-21)24-19-8-11-20(12-9-19)27-15-22-6-3-13-26-22/h1-2,4-5,7-12,14,22H,3,6,13,15-16H2,(H,24,25)/t22-/m1/s1. The van der Waals surface area contributed by atoms with Crippen molar-refractivity contribution in [2.24, 2.45) is 0 Å². The van der Waals surface area contributed by atoms with E-state index in [2.05, 4.69) is 5.32 Å². The van der Waals surface area contributed by atoms with Crippen LogP contribution >= 0.6 is 0 Å². The van der Waals surface area contributed by atoms with Crippen LogP contribution < -0.4 is 14.8 Å². The summed E-state index contributed by atoms with van der Waals surface area (Å²) < 4.78 is 16.9. The fourth-order valence-electron chi connectivity index (χ4n) is 3.20. The summed E-state index contributed by atoms with van der Waals surface area (Å²) in [6, 6.07) is 21.1. The number of carbonyl (C=O) groups excluding carboxylic acids is 1. The second kappa shape index (κ2) is 8.76. The quantitative estimate of drug-likeness (QED) is 0.662. The highest BCUT2D eigenvalue weighted by Crippen LogP contribution is 2.21. The molecular formula is C23H23NO4. The van der Waals surface area contributed by atoms with Crippen molar-refractivity contribution in [3.05, 3.63) is 66.7 Å². The molecule has 1 heterocycles. The molecule has 1 N–H and O–H groups in total. The fraction of sp³-hybridized carbons (Fsp3) is 0.261. The lowest BCUT2D eigenvalue weighted by molar-refractivity contribution is -0.118. The third kappa shape index (κ3) is 4.81. The number of fused-ring (bicyclic) bond motifs is 1. The normalized spacial score (nSPS) is 16.1. The summed E-state index contributed by atoms with van der Waals surface area (Å²) in [5, 5.41) is 5.05. The molecule has 5 nitrogen and oxygen atoms in total. The van der Waals surface area contributed by atoms with Crippen molar-refractivity contribution in [3.63, 3.8) is 0 Å². The van der Waals surface area contributed by atoms with Crippen LogP contribution in [-0.2, 0) is 9.53 Å². The van der Waals surface area contributed by atoms with Gasteiger partial charge in [-0.05, 0) is 60.0 Å². The second-order valence-electron chi connectivity index (χ2n) is 6.82. The molecule has 0 unspecified atom stereocenters. The molecule has 3 aromatic carbocycles. The maximum absolute atomic E-state index is 12.2. The first-order chi connectivity index (χ1) is 13.8. The first kappa shape index (κ1) is 18.3. The van der Waals surface area contributed by atoms with Gasteiger partial charge in [-0.3, -0.25) is 4.79 Å². The van der Waals surface area contributed by atoms with E-state index in [9.17, 15) is 4.79 Å². The first-order valence-electron chi connectivity index (χ1n) is 9.52. The molecule has 1 aliphatic rings. The Labute approximate surface area is 164 Å². The van der Waals surface area contributed by atoms with E-state index in [1.54, 1.807) is 0 Å². The minimum absolute atomic E-state index is 0.0460. The molecule has 1 fully saturated rings. The molecule has 0 saturated carbocycles. The Morgan fingerprint density at radius 2 is 1.75 bits per heavy atom. The van der Waals surface area contributed by atoms with Crippen molar-refractivity contribution in [2.75, 3.05) is 25.1 Å². The average Bonchev–Trinajstić information content (AvgIpc) is 3.25. The zero-order chi connectivity index (χ0) is 19.2. The average molecular weight is 377 g/mol. The molecule has 28 heavy (non-hydrogen) atoms. The van der Waals surface area contributed by atoms with E-state index < -0.39 is 0 Å². The van der Waals surface area contributed by atoms with Gasteiger partial charge in [-0.1, -0.05) is 30.3 Å². The summed E-state index contributed by atoms with van der Waals surface area (Å²) in [5.41, 5.74) is 0.705.